The Morgan fingerprint density at radius 1 is 1.09 bits per heavy atom. The molecule has 0 spiro atoms. The van der Waals surface area contributed by atoms with E-state index in [0.29, 0.717) is 43.4 Å². The topological polar surface area (TPSA) is 89.5 Å². The van der Waals surface area contributed by atoms with Crippen molar-refractivity contribution in [2.24, 2.45) is 11.0 Å². The quantitative estimate of drug-likeness (QED) is 0.588. The molecule has 8 heteroatoms. The van der Waals surface area contributed by atoms with Gasteiger partial charge in [-0.3, -0.25) is 10.1 Å². The van der Waals surface area contributed by atoms with E-state index in [0.717, 1.165) is 23.3 Å². The molecule has 0 aromatic heterocycles. The molecule has 176 valence electrons. The van der Waals surface area contributed by atoms with Crippen LogP contribution in [0.15, 0.2) is 47.6 Å². The number of hydrogen-bond acceptors (Lipinski definition) is 6. The molecule has 0 fully saturated rings. The van der Waals surface area contributed by atoms with Gasteiger partial charge in [0.1, 0.15) is 0 Å². The van der Waals surface area contributed by atoms with E-state index < -0.39 is 6.09 Å². The highest BCUT2D eigenvalue weighted by atomic mass is 16.5. The molecule has 1 N–H and O–H groups in total. The van der Waals surface area contributed by atoms with Crippen molar-refractivity contribution in [2.45, 2.75) is 40.2 Å². The molecule has 2 aromatic carbocycles. The van der Waals surface area contributed by atoms with E-state index >= 15 is 0 Å². The zero-order valence-electron chi connectivity index (χ0n) is 19.6. The summed E-state index contributed by atoms with van der Waals surface area (Å²) in [6.45, 7) is 6.90. The molecule has 1 unspecified atom stereocenters. The molecule has 1 aliphatic rings. The van der Waals surface area contributed by atoms with Gasteiger partial charge in [-0.15, -0.1) is 0 Å². The van der Waals surface area contributed by atoms with Gasteiger partial charge in [0, 0.05) is 23.6 Å². The third-order valence-corrected chi connectivity index (χ3v) is 5.38. The van der Waals surface area contributed by atoms with Gasteiger partial charge in [-0.25, -0.2) is 9.80 Å². The van der Waals surface area contributed by atoms with Crippen molar-refractivity contribution in [3.63, 3.8) is 0 Å². The van der Waals surface area contributed by atoms with Gasteiger partial charge >= 0.3 is 6.09 Å². The van der Waals surface area contributed by atoms with Crippen LogP contribution in [-0.4, -0.2) is 43.0 Å². The number of rotatable bonds is 9. The van der Waals surface area contributed by atoms with Crippen LogP contribution in [0.25, 0.3) is 0 Å². The molecule has 1 atom stereocenters. The maximum Gasteiger partial charge on any atom is 0.411 e. The Morgan fingerprint density at radius 2 is 1.85 bits per heavy atom. The Kier molecular flexibility index (Phi) is 8.29. The van der Waals surface area contributed by atoms with Crippen molar-refractivity contribution in [1.29, 1.82) is 0 Å². The van der Waals surface area contributed by atoms with Gasteiger partial charge < -0.3 is 14.2 Å². The summed E-state index contributed by atoms with van der Waals surface area (Å²) in [7, 11) is 1.61. The largest absolute Gasteiger partial charge is 0.493 e. The normalized spacial score (nSPS) is 15.6. The standard InChI is InChI=1S/C25H31N3O5/c1-5-18-15-23(29)28(16-17-8-11-20(12-9-17)26-25(30)33-7-3)27-24(18)19-10-13-21(31-4)22(14-19)32-6-2/h8-14,18H,5-7,15-16H2,1-4H3,(H,26,30). The predicted molar refractivity (Wildman–Crippen MR) is 127 cm³/mol. The maximum absolute atomic E-state index is 12.8. The Morgan fingerprint density at radius 3 is 2.48 bits per heavy atom. The van der Waals surface area contributed by atoms with E-state index in [9.17, 15) is 9.59 Å². The average Bonchev–Trinajstić information content (AvgIpc) is 2.81. The number of hydrazone groups is 1. The lowest BCUT2D eigenvalue weighted by molar-refractivity contribution is -0.133. The van der Waals surface area contributed by atoms with Crippen molar-refractivity contribution in [3.8, 4) is 11.5 Å². The molecule has 0 bridgehead atoms. The molecule has 1 aliphatic heterocycles. The number of hydrogen-bond donors (Lipinski definition) is 1. The van der Waals surface area contributed by atoms with Crippen molar-refractivity contribution in [1.82, 2.24) is 5.01 Å². The summed E-state index contributed by atoms with van der Waals surface area (Å²) in [5.74, 6) is 1.34. The number of benzene rings is 2. The van der Waals surface area contributed by atoms with Crippen molar-refractivity contribution in [3.05, 3.63) is 53.6 Å². The van der Waals surface area contributed by atoms with Gasteiger partial charge in [0.15, 0.2) is 11.5 Å². The van der Waals surface area contributed by atoms with E-state index in [1.807, 2.05) is 37.3 Å². The van der Waals surface area contributed by atoms with Gasteiger partial charge in [0.25, 0.3) is 0 Å². The first kappa shape index (κ1) is 24.1. The first-order valence-corrected chi connectivity index (χ1v) is 11.2. The first-order chi connectivity index (χ1) is 16.0. The Bertz CT molecular complexity index is 1000. The van der Waals surface area contributed by atoms with Crippen LogP contribution in [0.2, 0.25) is 0 Å². The lowest BCUT2D eigenvalue weighted by Gasteiger charge is -2.29. The number of nitrogens with zero attached hydrogens (tertiary/aromatic N) is 2. The van der Waals surface area contributed by atoms with Crippen LogP contribution in [-0.2, 0) is 16.1 Å². The SMILES string of the molecule is CCOC(=O)Nc1ccc(CN2N=C(c3ccc(OC)c(OCC)c3)C(CC)CC2=O)cc1. The van der Waals surface area contributed by atoms with Crippen LogP contribution < -0.4 is 14.8 Å². The minimum Gasteiger partial charge on any atom is -0.493 e. The summed E-state index contributed by atoms with van der Waals surface area (Å²) in [5.41, 5.74) is 3.30. The second-order valence-corrected chi connectivity index (χ2v) is 7.59. The lowest BCUT2D eigenvalue weighted by atomic mass is 9.89. The number of nitrogens with one attached hydrogen (secondary N) is 1. The summed E-state index contributed by atoms with van der Waals surface area (Å²) >= 11 is 0. The summed E-state index contributed by atoms with van der Waals surface area (Å²) in [5, 5.41) is 8.92. The van der Waals surface area contributed by atoms with E-state index in [1.54, 1.807) is 26.2 Å². The molecule has 0 saturated carbocycles. The van der Waals surface area contributed by atoms with E-state index in [2.05, 4.69) is 12.2 Å². The van der Waals surface area contributed by atoms with Gasteiger partial charge in [-0.1, -0.05) is 19.1 Å². The fraction of sp³-hybridized carbons (Fsp3) is 0.400. The number of ether oxygens (including phenoxy) is 3. The highest BCUT2D eigenvalue weighted by Gasteiger charge is 2.29. The molecule has 0 saturated heterocycles. The Balaban J connectivity index is 1.83. The molecule has 3 rings (SSSR count). The molecular weight excluding hydrogens is 422 g/mol. The lowest BCUT2D eigenvalue weighted by Crippen LogP contribution is -2.36. The second kappa shape index (κ2) is 11.4. The van der Waals surface area contributed by atoms with Gasteiger partial charge in [-0.2, -0.15) is 5.10 Å². The van der Waals surface area contributed by atoms with E-state index in [4.69, 9.17) is 19.3 Å². The monoisotopic (exact) mass is 453 g/mol. The fourth-order valence-corrected chi connectivity index (χ4v) is 3.69. The third kappa shape index (κ3) is 6.03. The zero-order valence-corrected chi connectivity index (χ0v) is 19.6. The third-order valence-electron chi connectivity index (χ3n) is 5.38. The van der Waals surface area contributed by atoms with Gasteiger partial charge in [0.05, 0.1) is 32.6 Å². The Labute approximate surface area is 194 Å². The summed E-state index contributed by atoms with van der Waals surface area (Å²) in [6, 6.07) is 13.0. The number of anilines is 1. The van der Waals surface area contributed by atoms with Crippen LogP contribution in [0.4, 0.5) is 10.5 Å². The highest BCUT2D eigenvalue weighted by Crippen LogP contribution is 2.32. The Hall–Kier alpha value is -3.55. The van der Waals surface area contributed by atoms with Crippen molar-refractivity contribution >= 4 is 23.4 Å². The van der Waals surface area contributed by atoms with Crippen LogP contribution in [0.1, 0.15) is 44.7 Å². The number of carbonyl (C=O) groups is 2. The molecule has 0 radical (unpaired) electrons. The minimum atomic E-state index is -0.498. The highest BCUT2D eigenvalue weighted by molar-refractivity contribution is 6.06. The molecule has 2 amide bonds. The summed E-state index contributed by atoms with van der Waals surface area (Å²) in [6.07, 6.45) is 0.707. The van der Waals surface area contributed by atoms with E-state index in [-0.39, 0.29) is 11.8 Å². The average molecular weight is 454 g/mol. The number of methoxy groups -OCH3 is 1. The summed E-state index contributed by atoms with van der Waals surface area (Å²) in [4.78, 5) is 24.4. The summed E-state index contributed by atoms with van der Waals surface area (Å²) < 4.78 is 16.0. The van der Waals surface area contributed by atoms with Crippen molar-refractivity contribution in [2.75, 3.05) is 25.6 Å². The minimum absolute atomic E-state index is 0.0159. The molecule has 2 aromatic rings. The van der Waals surface area contributed by atoms with Crippen LogP contribution in [0.3, 0.4) is 0 Å². The van der Waals surface area contributed by atoms with E-state index in [1.165, 1.54) is 5.01 Å². The van der Waals surface area contributed by atoms with Gasteiger partial charge in [-0.05, 0) is 56.2 Å². The fourth-order valence-electron chi connectivity index (χ4n) is 3.69. The first-order valence-electron chi connectivity index (χ1n) is 11.2. The van der Waals surface area contributed by atoms with Crippen LogP contribution in [0, 0.1) is 5.92 Å². The molecule has 0 aliphatic carbocycles. The van der Waals surface area contributed by atoms with Crippen LogP contribution >= 0.6 is 0 Å². The van der Waals surface area contributed by atoms with Crippen molar-refractivity contribution < 1.29 is 23.8 Å². The van der Waals surface area contributed by atoms with Crippen LogP contribution in [0.5, 0.6) is 11.5 Å². The number of amides is 2. The molecule has 33 heavy (non-hydrogen) atoms. The molecule has 1 heterocycles. The predicted octanol–water partition coefficient (Wildman–Crippen LogP) is 4.83. The molecular formula is C25H31N3O5. The molecule has 8 nitrogen and oxygen atoms in total. The smallest absolute Gasteiger partial charge is 0.411 e. The zero-order chi connectivity index (χ0) is 23.8. The number of carbonyl (C=O) groups excluding carboxylic acids is 2. The second-order valence-electron chi connectivity index (χ2n) is 7.59. The van der Waals surface area contributed by atoms with Gasteiger partial charge in [0.2, 0.25) is 5.91 Å². The maximum atomic E-state index is 12.8.